The van der Waals surface area contributed by atoms with Crippen molar-refractivity contribution in [3.05, 3.63) is 56.7 Å². The van der Waals surface area contributed by atoms with E-state index in [1.807, 2.05) is 13.0 Å². The summed E-state index contributed by atoms with van der Waals surface area (Å²) in [6.45, 7) is 3.24. The van der Waals surface area contributed by atoms with Gasteiger partial charge in [-0.15, -0.1) is 0 Å². The lowest BCUT2D eigenvalue weighted by Crippen LogP contribution is -2.24. The zero-order valence-corrected chi connectivity index (χ0v) is 11.6. The maximum absolute atomic E-state index is 12.0. The van der Waals surface area contributed by atoms with Gasteiger partial charge in [-0.3, -0.25) is 9.13 Å². The van der Waals surface area contributed by atoms with Crippen LogP contribution in [0, 0.1) is 0 Å². The topological polar surface area (TPSA) is 26.9 Å². The summed E-state index contributed by atoms with van der Waals surface area (Å²) in [6, 6.07) is 5.30. The summed E-state index contributed by atoms with van der Waals surface area (Å²) in [5, 5.41) is 1.18. The van der Waals surface area contributed by atoms with Crippen molar-refractivity contribution in [3.63, 3.8) is 0 Å². The maximum atomic E-state index is 12.0. The second-order valence-corrected chi connectivity index (χ2v) is 4.98. The van der Waals surface area contributed by atoms with Crippen LogP contribution in [-0.4, -0.2) is 9.13 Å². The quantitative estimate of drug-likeness (QED) is 0.845. The molecule has 0 atom stereocenters. The summed E-state index contributed by atoms with van der Waals surface area (Å²) in [4.78, 5) is 12.0. The molecule has 0 N–H and O–H groups in total. The number of halogens is 2. The van der Waals surface area contributed by atoms with Gasteiger partial charge in [-0.2, -0.15) is 0 Å². The molecular formula is C13H14Cl2N2O. The Kier molecular flexibility index (Phi) is 4.15. The summed E-state index contributed by atoms with van der Waals surface area (Å²) < 4.78 is 3.34. The zero-order chi connectivity index (χ0) is 13.1. The Labute approximate surface area is 116 Å². The van der Waals surface area contributed by atoms with Crippen LogP contribution in [0.15, 0.2) is 35.4 Å². The van der Waals surface area contributed by atoms with Crippen molar-refractivity contribution in [3.8, 4) is 0 Å². The van der Waals surface area contributed by atoms with Gasteiger partial charge in [0.2, 0.25) is 0 Å². The molecule has 5 heteroatoms. The first kappa shape index (κ1) is 13.2. The molecule has 0 saturated heterocycles. The van der Waals surface area contributed by atoms with Gasteiger partial charge in [0.1, 0.15) is 0 Å². The summed E-state index contributed by atoms with van der Waals surface area (Å²) in [5.74, 6) is 0. The van der Waals surface area contributed by atoms with Crippen LogP contribution in [0.25, 0.3) is 0 Å². The first-order chi connectivity index (χ1) is 8.61. The van der Waals surface area contributed by atoms with Crippen LogP contribution in [0.3, 0.4) is 0 Å². The Bertz CT molecular complexity index is 601. The van der Waals surface area contributed by atoms with Gasteiger partial charge in [0, 0.05) is 29.0 Å². The van der Waals surface area contributed by atoms with E-state index in [0.717, 1.165) is 18.5 Å². The van der Waals surface area contributed by atoms with E-state index in [-0.39, 0.29) is 5.69 Å². The Morgan fingerprint density at radius 2 is 1.89 bits per heavy atom. The Hall–Kier alpha value is -1.19. The molecular weight excluding hydrogens is 271 g/mol. The van der Waals surface area contributed by atoms with Gasteiger partial charge in [-0.25, -0.2) is 4.79 Å². The van der Waals surface area contributed by atoms with E-state index in [0.29, 0.717) is 16.6 Å². The first-order valence-corrected chi connectivity index (χ1v) is 6.57. The number of benzene rings is 1. The molecule has 1 aromatic carbocycles. The van der Waals surface area contributed by atoms with Crippen molar-refractivity contribution in [2.75, 3.05) is 0 Å². The number of nitrogens with zero attached hydrogens (tertiary/aromatic N) is 2. The minimum Gasteiger partial charge on any atom is -0.299 e. The minimum atomic E-state index is -0.0112. The average molecular weight is 285 g/mol. The van der Waals surface area contributed by atoms with Crippen LogP contribution in [0.2, 0.25) is 10.0 Å². The highest BCUT2D eigenvalue weighted by atomic mass is 35.5. The molecule has 0 fully saturated rings. The third kappa shape index (κ3) is 2.79. The number of hydrogen-bond donors (Lipinski definition) is 0. The largest absolute Gasteiger partial charge is 0.328 e. The van der Waals surface area contributed by atoms with Crippen molar-refractivity contribution < 1.29 is 0 Å². The van der Waals surface area contributed by atoms with Gasteiger partial charge in [0.15, 0.2) is 0 Å². The van der Waals surface area contributed by atoms with E-state index in [1.54, 1.807) is 33.7 Å². The van der Waals surface area contributed by atoms with Gasteiger partial charge in [-0.05, 0) is 24.1 Å². The van der Waals surface area contributed by atoms with Crippen molar-refractivity contribution >= 4 is 23.2 Å². The number of aromatic nitrogens is 2. The van der Waals surface area contributed by atoms with Gasteiger partial charge < -0.3 is 0 Å². The van der Waals surface area contributed by atoms with Crippen molar-refractivity contribution in [2.24, 2.45) is 0 Å². The van der Waals surface area contributed by atoms with Gasteiger partial charge in [0.05, 0.1) is 6.54 Å². The predicted molar refractivity (Wildman–Crippen MR) is 74.5 cm³/mol. The molecule has 18 heavy (non-hydrogen) atoms. The van der Waals surface area contributed by atoms with Gasteiger partial charge >= 0.3 is 5.69 Å². The summed E-state index contributed by atoms with van der Waals surface area (Å²) in [5.41, 5.74) is 0.875. The van der Waals surface area contributed by atoms with Gasteiger partial charge in [-0.1, -0.05) is 36.2 Å². The molecule has 2 rings (SSSR count). The Morgan fingerprint density at radius 1 is 1.17 bits per heavy atom. The van der Waals surface area contributed by atoms with Crippen LogP contribution in [-0.2, 0) is 13.1 Å². The number of rotatable bonds is 4. The van der Waals surface area contributed by atoms with Crippen molar-refractivity contribution in [1.29, 1.82) is 0 Å². The lowest BCUT2D eigenvalue weighted by atomic mass is 10.2. The second-order valence-electron chi connectivity index (χ2n) is 4.14. The fraction of sp³-hybridized carbons (Fsp3) is 0.308. The molecule has 96 valence electrons. The smallest absolute Gasteiger partial charge is 0.299 e. The lowest BCUT2D eigenvalue weighted by Gasteiger charge is -2.05. The summed E-state index contributed by atoms with van der Waals surface area (Å²) in [7, 11) is 0. The normalized spacial score (nSPS) is 10.8. The highest BCUT2D eigenvalue weighted by Crippen LogP contribution is 2.21. The highest BCUT2D eigenvalue weighted by Gasteiger charge is 2.06. The Morgan fingerprint density at radius 3 is 2.56 bits per heavy atom. The molecule has 0 radical (unpaired) electrons. The monoisotopic (exact) mass is 284 g/mol. The first-order valence-electron chi connectivity index (χ1n) is 5.81. The molecule has 3 nitrogen and oxygen atoms in total. The molecule has 0 aliphatic heterocycles. The Balaban J connectivity index is 2.26. The molecule has 0 aliphatic rings. The molecule has 0 bridgehead atoms. The fourth-order valence-electron chi connectivity index (χ4n) is 1.82. The SMILES string of the molecule is CCCn1ccn(Cc2ccc(Cl)cc2Cl)c1=O. The minimum absolute atomic E-state index is 0.0112. The molecule has 0 unspecified atom stereocenters. The molecule has 0 aliphatic carbocycles. The van der Waals surface area contributed by atoms with Crippen LogP contribution < -0.4 is 5.69 Å². The van der Waals surface area contributed by atoms with E-state index < -0.39 is 0 Å². The molecule has 0 amide bonds. The third-order valence-corrected chi connectivity index (χ3v) is 3.33. The summed E-state index contributed by atoms with van der Waals surface area (Å²) >= 11 is 11.9. The zero-order valence-electron chi connectivity index (χ0n) is 10.1. The average Bonchev–Trinajstić information content (AvgIpc) is 2.66. The standard InChI is InChI=1S/C13H14Cl2N2O/c1-2-5-16-6-7-17(13(16)18)9-10-3-4-11(14)8-12(10)15/h3-4,6-8H,2,5,9H2,1H3. The predicted octanol–water partition coefficient (Wildman–Crippen LogP) is 3.41. The number of aryl methyl sites for hydroxylation is 1. The van der Waals surface area contributed by atoms with Crippen molar-refractivity contribution in [2.45, 2.75) is 26.4 Å². The lowest BCUT2D eigenvalue weighted by molar-refractivity contribution is 0.624. The van der Waals surface area contributed by atoms with E-state index >= 15 is 0 Å². The third-order valence-electron chi connectivity index (χ3n) is 2.74. The van der Waals surface area contributed by atoms with Crippen LogP contribution in [0.4, 0.5) is 0 Å². The van der Waals surface area contributed by atoms with E-state index in [2.05, 4.69) is 0 Å². The molecule has 0 saturated carbocycles. The van der Waals surface area contributed by atoms with E-state index in [9.17, 15) is 4.79 Å². The fourth-order valence-corrected chi connectivity index (χ4v) is 2.29. The van der Waals surface area contributed by atoms with E-state index in [4.69, 9.17) is 23.2 Å². The van der Waals surface area contributed by atoms with Crippen molar-refractivity contribution in [1.82, 2.24) is 9.13 Å². The highest BCUT2D eigenvalue weighted by molar-refractivity contribution is 6.35. The maximum Gasteiger partial charge on any atom is 0.328 e. The molecule has 1 aromatic heterocycles. The molecule has 0 spiro atoms. The molecule has 1 heterocycles. The van der Waals surface area contributed by atoms with Crippen LogP contribution in [0.5, 0.6) is 0 Å². The second kappa shape index (κ2) is 5.63. The van der Waals surface area contributed by atoms with Crippen LogP contribution >= 0.6 is 23.2 Å². The number of imidazole rings is 1. The van der Waals surface area contributed by atoms with Gasteiger partial charge in [0.25, 0.3) is 0 Å². The molecule has 2 aromatic rings. The van der Waals surface area contributed by atoms with E-state index in [1.165, 1.54) is 0 Å². The van der Waals surface area contributed by atoms with Crippen LogP contribution in [0.1, 0.15) is 18.9 Å². The summed E-state index contributed by atoms with van der Waals surface area (Å²) in [6.07, 6.45) is 4.52. The number of hydrogen-bond acceptors (Lipinski definition) is 1.